The van der Waals surface area contributed by atoms with Gasteiger partial charge in [0.25, 0.3) is 0 Å². The first-order chi connectivity index (χ1) is 11.6. The third kappa shape index (κ3) is 3.65. The van der Waals surface area contributed by atoms with Crippen molar-refractivity contribution < 1.29 is 9.59 Å². The highest BCUT2D eigenvalue weighted by atomic mass is 16.2. The van der Waals surface area contributed by atoms with Crippen molar-refractivity contribution in [2.75, 3.05) is 11.4 Å². The summed E-state index contributed by atoms with van der Waals surface area (Å²) in [5.74, 6) is -0.350. The van der Waals surface area contributed by atoms with E-state index in [1.807, 2.05) is 61.5 Å². The second kappa shape index (κ2) is 7.30. The molecule has 1 unspecified atom stereocenters. The maximum Gasteiger partial charge on any atom is 0.236 e. The highest BCUT2D eigenvalue weighted by Crippen LogP contribution is 2.32. The molecule has 2 amide bonds. The minimum atomic E-state index is -0.215. The molecule has 2 aromatic carbocycles. The van der Waals surface area contributed by atoms with Crippen LogP contribution in [0.4, 0.5) is 5.69 Å². The maximum absolute atomic E-state index is 12.5. The van der Waals surface area contributed by atoms with Crippen molar-refractivity contribution in [1.29, 1.82) is 0 Å². The Bertz CT molecular complexity index is 727. The largest absolute Gasteiger partial charge is 0.355 e. The molecule has 24 heavy (non-hydrogen) atoms. The number of fused-ring (bicyclic) bond motifs is 1. The fourth-order valence-electron chi connectivity index (χ4n) is 3.22. The average Bonchev–Trinajstić information content (AvgIpc) is 2.91. The van der Waals surface area contributed by atoms with E-state index in [9.17, 15) is 9.59 Å². The molecule has 2 aromatic rings. The summed E-state index contributed by atoms with van der Waals surface area (Å²) in [5, 5.41) is 2.84. The summed E-state index contributed by atoms with van der Waals surface area (Å²) >= 11 is 0. The van der Waals surface area contributed by atoms with Gasteiger partial charge in [-0.2, -0.15) is 0 Å². The van der Waals surface area contributed by atoms with Gasteiger partial charge in [-0.15, -0.1) is 0 Å². The van der Waals surface area contributed by atoms with Crippen LogP contribution in [-0.4, -0.2) is 24.4 Å². The van der Waals surface area contributed by atoms with Crippen LogP contribution in [0.15, 0.2) is 54.6 Å². The smallest absolute Gasteiger partial charge is 0.236 e. The number of nitrogens with one attached hydrogen (secondary N) is 1. The molecule has 1 atom stereocenters. The quantitative estimate of drug-likeness (QED) is 0.861. The van der Waals surface area contributed by atoms with Gasteiger partial charge < -0.3 is 10.2 Å². The number of carbonyl (C=O) groups is 2. The highest BCUT2D eigenvalue weighted by Gasteiger charge is 2.31. The Balaban J connectivity index is 1.52. The molecule has 4 heteroatoms. The zero-order valence-electron chi connectivity index (χ0n) is 13.9. The highest BCUT2D eigenvalue weighted by molar-refractivity contribution is 6.06. The summed E-state index contributed by atoms with van der Waals surface area (Å²) < 4.78 is 0. The Morgan fingerprint density at radius 1 is 1.08 bits per heavy atom. The molecule has 1 aliphatic rings. The molecular formula is C20H22N2O2. The van der Waals surface area contributed by atoms with E-state index in [1.54, 1.807) is 4.90 Å². The summed E-state index contributed by atoms with van der Waals surface area (Å²) in [6.45, 7) is 2.56. The van der Waals surface area contributed by atoms with E-state index < -0.39 is 0 Å². The molecule has 0 fully saturated rings. The van der Waals surface area contributed by atoms with Gasteiger partial charge in [-0.05, 0) is 37.0 Å². The van der Waals surface area contributed by atoms with Gasteiger partial charge in [0.05, 0.1) is 0 Å². The normalized spacial score (nSPS) is 15.9. The number of anilines is 1. The van der Waals surface area contributed by atoms with Crippen LogP contribution in [0.5, 0.6) is 0 Å². The number of hydrogen-bond acceptors (Lipinski definition) is 2. The van der Waals surface area contributed by atoms with Crippen molar-refractivity contribution in [2.45, 2.75) is 32.2 Å². The van der Waals surface area contributed by atoms with Crippen LogP contribution in [0.2, 0.25) is 0 Å². The van der Waals surface area contributed by atoms with Gasteiger partial charge in [-0.1, -0.05) is 48.5 Å². The van der Waals surface area contributed by atoms with E-state index in [-0.39, 0.29) is 24.3 Å². The van der Waals surface area contributed by atoms with Gasteiger partial charge in [0.15, 0.2) is 0 Å². The number of amides is 2. The molecule has 1 aliphatic heterocycles. The Labute approximate surface area is 142 Å². The fourth-order valence-corrected chi connectivity index (χ4v) is 3.22. The monoisotopic (exact) mass is 322 g/mol. The number of rotatable bonds is 5. The van der Waals surface area contributed by atoms with Gasteiger partial charge in [-0.25, -0.2) is 0 Å². The molecule has 0 saturated carbocycles. The lowest BCUT2D eigenvalue weighted by molar-refractivity contribution is -0.128. The van der Waals surface area contributed by atoms with E-state index >= 15 is 0 Å². The first-order valence-electron chi connectivity index (χ1n) is 8.36. The van der Waals surface area contributed by atoms with Crippen molar-refractivity contribution in [3.63, 3.8) is 0 Å². The van der Waals surface area contributed by atoms with E-state index in [0.717, 1.165) is 18.5 Å². The van der Waals surface area contributed by atoms with Crippen molar-refractivity contribution in [3.05, 3.63) is 65.7 Å². The molecule has 3 rings (SSSR count). The summed E-state index contributed by atoms with van der Waals surface area (Å²) in [6, 6.07) is 18.0. The van der Waals surface area contributed by atoms with Crippen LogP contribution in [0.25, 0.3) is 0 Å². The molecule has 124 valence electrons. The fraction of sp³-hybridized carbons (Fsp3) is 0.300. The minimum Gasteiger partial charge on any atom is -0.355 e. The summed E-state index contributed by atoms with van der Waals surface area (Å²) in [6.07, 6.45) is 1.51. The molecule has 1 heterocycles. The Kier molecular flexibility index (Phi) is 4.94. The molecule has 1 N–H and O–H groups in total. The Morgan fingerprint density at radius 2 is 1.79 bits per heavy atom. The number of benzene rings is 2. The van der Waals surface area contributed by atoms with E-state index in [2.05, 4.69) is 5.32 Å². The number of carbonyl (C=O) groups excluding carboxylic acids is 2. The molecule has 4 nitrogen and oxygen atoms in total. The lowest BCUT2D eigenvalue weighted by Crippen LogP contribution is -2.39. The van der Waals surface area contributed by atoms with Crippen molar-refractivity contribution in [3.8, 4) is 0 Å². The predicted molar refractivity (Wildman–Crippen MR) is 94.9 cm³/mol. The standard InChI is InChI=1S/C20H22N2O2/c1-15-13-17-9-5-6-10-18(17)22(15)20(24)14-19(23)21-12-11-16-7-3-2-4-8-16/h2-10,15H,11-14H2,1H3,(H,21,23). The minimum absolute atomic E-state index is 0.104. The number of hydrogen-bond donors (Lipinski definition) is 1. The van der Waals surface area contributed by atoms with Gasteiger partial charge in [0.2, 0.25) is 11.8 Å². The lowest BCUT2D eigenvalue weighted by Gasteiger charge is -2.22. The van der Waals surface area contributed by atoms with Crippen molar-refractivity contribution in [2.24, 2.45) is 0 Å². The van der Waals surface area contributed by atoms with Gasteiger partial charge in [0.1, 0.15) is 6.42 Å². The number of para-hydroxylation sites is 1. The van der Waals surface area contributed by atoms with Crippen LogP contribution in [0.1, 0.15) is 24.5 Å². The third-order valence-corrected chi connectivity index (χ3v) is 4.37. The third-order valence-electron chi connectivity index (χ3n) is 4.37. The maximum atomic E-state index is 12.5. The number of nitrogens with zero attached hydrogens (tertiary/aromatic N) is 1. The molecule has 0 spiro atoms. The predicted octanol–water partition coefficient (Wildman–Crippen LogP) is 2.71. The summed E-state index contributed by atoms with van der Waals surface area (Å²) in [5.41, 5.74) is 3.28. The SMILES string of the molecule is CC1Cc2ccccc2N1C(=O)CC(=O)NCCc1ccccc1. The second-order valence-corrected chi connectivity index (χ2v) is 6.21. The zero-order chi connectivity index (χ0) is 16.9. The summed E-state index contributed by atoms with van der Waals surface area (Å²) in [4.78, 5) is 26.3. The van der Waals surface area contributed by atoms with Crippen LogP contribution in [0, 0.1) is 0 Å². The van der Waals surface area contributed by atoms with Gasteiger partial charge in [0, 0.05) is 18.3 Å². The van der Waals surface area contributed by atoms with Crippen LogP contribution >= 0.6 is 0 Å². The van der Waals surface area contributed by atoms with Crippen molar-refractivity contribution >= 4 is 17.5 Å². The van der Waals surface area contributed by atoms with Gasteiger partial charge in [-0.3, -0.25) is 9.59 Å². The van der Waals surface area contributed by atoms with E-state index in [0.29, 0.717) is 6.54 Å². The second-order valence-electron chi connectivity index (χ2n) is 6.21. The van der Waals surface area contributed by atoms with Gasteiger partial charge >= 0.3 is 0 Å². The average molecular weight is 322 g/mol. The molecule has 0 aliphatic carbocycles. The Morgan fingerprint density at radius 3 is 2.58 bits per heavy atom. The first kappa shape index (κ1) is 16.2. The van der Waals surface area contributed by atoms with E-state index in [1.165, 1.54) is 11.1 Å². The molecule has 0 aromatic heterocycles. The van der Waals surface area contributed by atoms with E-state index in [4.69, 9.17) is 0 Å². The van der Waals surface area contributed by atoms with Crippen LogP contribution < -0.4 is 10.2 Å². The lowest BCUT2D eigenvalue weighted by atomic mass is 10.1. The topological polar surface area (TPSA) is 49.4 Å². The molecule has 0 radical (unpaired) electrons. The first-order valence-corrected chi connectivity index (χ1v) is 8.36. The molecule has 0 bridgehead atoms. The zero-order valence-corrected chi connectivity index (χ0v) is 13.9. The van der Waals surface area contributed by atoms with Crippen molar-refractivity contribution in [1.82, 2.24) is 5.32 Å². The Hall–Kier alpha value is -2.62. The van der Waals surface area contributed by atoms with Crippen LogP contribution in [0.3, 0.4) is 0 Å². The molecule has 0 saturated heterocycles. The molecular weight excluding hydrogens is 300 g/mol. The summed E-state index contributed by atoms with van der Waals surface area (Å²) in [7, 11) is 0. The van der Waals surface area contributed by atoms with Crippen LogP contribution in [-0.2, 0) is 22.4 Å².